The van der Waals surface area contributed by atoms with Gasteiger partial charge < -0.3 is 9.47 Å². The highest BCUT2D eigenvalue weighted by Crippen LogP contribution is 2.38. The van der Waals surface area contributed by atoms with Crippen molar-refractivity contribution in [1.82, 2.24) is 4.72 Å². The number of nitrogens with one attached hydrogen (secondary N) is 1. The van der Waals surface area contributed by atoms with Crippen LogP contribution in [0, 0.1) is 11.2 Å². The van der Waals surface area contributed by atoms with Crippen LogP contribution in [-0.4, -0.2) is 33.8 Å². The lowest BCUT2D eigenvalue weighted by molar-refractivity contribution is 0.0240. The highest BCUT2D eigenvalue weighted by atomic mass is 32.2. The molecule has 1 saturated carbocycles. The second-order valence-electron chi connectivity index (χ2n) is 7.58. The first-order valence-electron chi connectivity index (χ1n) is 8.84. The normalized spacial score (nSPS) is 24.4. The van der Waals surface area contributed by atoms with Crippen molar-refractivity contribution in [3.8, 4) is 5.75 Å². The summed E-state index contributed by atoms with van der Waals surface area (Å²) in [5.41, 5.74) is -0.0856. The fourth-order valence-electron chi connectivity index (χ4n) is 3.52. The maximum atomic E-state index is 14.4. The van der Waals surface area contributed by atoms with Gasteiger partial charge in [0.15, 0.2) is 11.6 Å². The number of ether oxygens (including phenoxy) is 2. The van der Waals surface area contributed by atoms with Gasteiger partial charge in [0.25, 0.3) is 0 Å². The summed E-state index contributed by atoms with van der Waals surface area (Å²) in [7, 11) is -3.75. The van der Waals surface area contributed by atoms with Crippen LogP contribution in [0.15, 0.2) is 23.1 Å². The molecule has 2 aliphatic rings. The van der Waals surface area contributed by atoms with Gasteiger partial charge in [0, 0.05) is 18.9 Å². The van der Waals surface area contributed by atoms with Gasteiger partial charge in [-0.2, -0.15) is 0 Å². The number of rotatable bonds is 5. The number of hydrogen-bond acceptors (Lipinski definition) is 4. The van der Waals surface area contributed by atoms with Gasteiger partial charge in [0.2, 0.25) is 10.0 Å². The molecule has 1 saturated heterocycles. The number of benzene rings is 1. The lowest BCUT2D eigenvalue weighted by Crippen LogP contribution is -2.41. The van der Waals surface area contributed by atoms with Crippen LogP contribution in [0.4, 0.5) is 4.39 Å². The van der Waals surface area contributed by atoms with E-state index in [-0.39, 0.29) is 28.2 Å². The predicted octanol–water partition coefficient (Wildman–Crippen LogP) is 3.24. The smallest absolute Gasteiger partial charge is 0.240 e. The summed E-state index contributed by atoms with van der Waals surface area (Å²) < 4.78 is 53.2. The van der Waals surface area contributed by atoms with Crippen LogP contribution in [-0.2, 0) is 14.8 Å². The van der Waals surface area contributed by atoms with Crippen LogP contribution in [0.1, 0.15) is 46.0 Å². The SMILES string of the molecule is CC1(C)CCC[C@H]1NS(=O)(=O)c1ccc(OC2CCOCC2)c(F)c1. The van der Waals surface area contributed by atoms with Gasteiger partial charge in [-0.25, -0.2) is 17.5 Å². The molecule has 0 bridgehead atoms. The molecule has 1 aliphatic carbocycles. The third-order valence-corrected chi connectivity index (χ3v) is 6.70. The van der Waals surface area contributed by atoms with E-state index in [1.165, 1.54) is 12.1 Å². The molecule has 1 aromatic rings. The zero-order chi connectivity index (χ0) is 18.1. The standard InChI is InChI=1S/C18H26FNO4S/c1-18(2)9-3-4-17(18)20-25(21,22)14-5-6-16(15(19)12-14)24-13-7-10-23-11-8-13/h5-6,12-13,17,20H,3-4,7-11H2,1-2H3/t17-/m1/s1. The molecule has 1 atom stereocenters. The highest BCUT2D eigenvalue weighted by molar-refractivity contribution is 7.89. The van der Waals surface area contributed by atoms with Crippen molar-refractivity contribution in [2.45, 2.75) is 63.0 Å². The average Bonchev–Trinajstić information content (AvgIpc) is 2.88. The van der Waals surface area contributed by atoms with Crippen LogP contribution in [0.3, 0.4) is 0 Å². The van der Waals surface area contributed by atoms with Gasteiger partial charge in [0.1, 0.15) is 6.10 Å². The van der Waals surface area contributed by atoms with Crippen LogP contribution in [0.25, 0.3) is 0 Å². The third-order valence-electron chi connectivity index (χ3n) is 5.23. The zero-order valence-electron chi connectivity index (χ0n) is 14.8. The van der Waals surface area contributed by atoms with Gasteiger partial charge in [-0.1, -0.05) is 20.3 Å². The lowest BCUT2D eigenvalue weighted by atomic mass is 9.88. The first kappa shape index (κ1) is 18.6. The topological polar surface area (TPSA) is 64.6 Å². The van der Waals surface area contributed by atoms with Crippen molar-refractivity contribution in [3.05, 3.63) is 24.0 Å². The Hall–Kier alpha value is -1.18. The Morgan fingerprint density at radius 2 is 1.96 bits per heavy atom. The molecule has 0 unspecified atom stereocenters. The molecule has 0 aromatic heterocycles. The molecule has 1 heterocycles. The lowest BCUT2D eigenvalue weighted by Gasteiger charge is -2.27. The molecule has 0 radical (unpaired) electrons. The zero-order valence-corrected chi connectivity index (χ0v) is 15.6. The van der Waals surface area contributed by atoms with Crippen molar-refractivity contribution >= 4 is 10.0 Å². The van der Waals surface area contributed by atoms with Crippen LogP contribution < -0.4 is 9.46 Å². The van der Waals surface area contributed by atoms with Gasteiger partial charge in [-0.15, -0.1) is 0 Å². The fraction of sp³-hybridized carbons (Fsp3) is 0.667. The molecule has 140 valence electrons. The maximum Gasteiger partial charge on any atom is 0.240 e. The van der Waals surface area contributed by atoms with Crippen LogP contribution >= 0.6 is 0 Å². The molecule has 25 heavy (non-hydrogen) atoms. The fourth-order valence-corrected chi connectivity index (χ4v) is 4.97. The van der Waals surface area contributed by atoms with Gasteiger partial charge in [-0.3, -0.25) is 0 Å². The number of hydrogen-bond donors (Lipinski definition) is 1. The quantitative estimate of drug-likeness (QED) is 0.863. The van der Waals surface area contributed by atoms with E-state index in [9.17, 15) is 12.8 Å². The second-order valence-corrected chi connectivity index (χ2v) is 9.29. The first-order valence-corrected chi connectivity index (χ1v) is 10.3. The maximum absolute atomic E-state index is 14.4. The van der Waals surface area contributed by atoms with Crippen molar-refractivity contribution in [2.24, 2.45) is 5.41 Å². The summed E-state index contributed by atoms with van der Waals surface area (Å²) in [6.45, 7) is 5.30. The predicted molar refractivity (Wildman–Crippen MR) is 92.6 cm³/mol. The molecule has 5 nitrogen and oxygen atoms in total. The van der Waals surface area contributed by atoms with E-state index in [0.717, 1.165) is 25.3 Å². The van der Waals surface area contributed by atoms with Crippen molar-refractivity contribution in [1.29, 1.82) is 0 Å². The van der Waals surface area contributed by atoms with E-state index in [1.54, 1.807) is 0 Å². The minimum absolute atomic E-state index is 0.0629. The molecule has 3 rings (SSSR count). The van der Waals surface area contributed by atoms with Crippen molar-refractivity contribution in [3.63, 3.8) is 0 Å². The molecule has 1 N–H and O–H groups in total. The second kappa shape index (κ2) is 7.21. The molecule has 1 aliphatic heterocycles. The summed E-state index contributed by atoms with van der Waals surface area (Å²) >= 11 is 0. The summed E-state index contributed by atoms with van der Waals surface area (Å²) in [6, 6.07) is 3.72. The molecule has 0 amide bonds. The largest absolute Gasteiger partial charge is 0.487 e. The van der Waals surface area contributed by atoms with E-state index in [1.807, 2.05) is 0 Å². The van der Waals surface area contributed by atoms with Gasteiger partial charge in [-0.05, 0) is 36.5 Å². The van der Waals surface area contributed by atoms with E-state index in [2.05, 4.69) is 18.6 Å². The van der Waals surface area contributed by atoms with E-state index < -0.39 is 15.8 Å². The molecular weight excluding hydrogens is 345 g/mol. The summed E-state index contributed by atoms with van der Waals surface area (Å²) in [5, 5.41) is 0. The monoisotopic (exact) mass is 371 g/mol. The Morgan fingerprint density at radius 1 is 1.24 bits per heavy atom. The number of sulfonamides is 1. The third kappa shape index (κ3) is 4.33. The van der Waals surface area contributed by atoms with Crippen LogP contribution in [0.5, 0.6) is 5.75 Å². The first-order chi connectivity index (χ1) is 11.8. The van der Waals surface area contributed by atoms with Crippen molar-refractivity contribution in [2.75, 3.05) is 13.2 Å². The Bertz CT molecular complexity index is 714. The molecule has 2 fully saturated rings. The molecule has 0 spiro atoms. The van der Waals surface area contributed by atoms with Gasteiger partial charge >= 0.3 is 0 Å². The highest BCUT2D eigenvalue weighted by Gasteiger charge is 2.37. The summed E-state index contributed by atoms with van der Waals surface area (Å²) in [6.07, 6.45) is 4.09. The average molecular weight is 371 g/mol. The Morgan fingerprint density at radius 3 is 2.56 bits per heavy atom. The minimum Gasteiger partial charge on any atom is -0.487 e. The van der Waals surface area contributed by atoms with Crippen molar-refractivity contribution < 1.29 is 22.3 Å². The number of halogens is 1. The Kier molecular flexibility index (Phi) is 5.37. The molecule has 7 heteroatoms. The van der Waals surface area contributed by atoms with E-state index >= 15 is 0 Å². The summed E-state index contributed by atoms with van der Waals surface area (Å²) in [4.78, 5) is -0.0629. The summed E-state index contributed by atoms with van der Waals surface area (Å²) in [5.74, 6) is -0.563. The Labute approximate surface area is 149 Å². The van der Waals surface area contributed by atoms with E-state index in [0.29, 0.717) is 26.1 Å². The molecule has 1 aromatic carbocycles. The Balaban J connectivity index is 1.72. The molecular formula is C18H26FNO4S. The minimum atomic E-state index is -3.75. The van der Waals surface area contributed by atoms with E-state index in [4.69, 9.17) is 9.47 Å². The van der Waals surface area contributed by atoms with Gasteiger partial charge in [0.05, 0.1) is 18.1 Å². The van der Waals surface area contributed by atoms with Crippen LogP contribution in [0.2, 0.25) is 0 Å².